The average molecular weight is 474 g/mol. The first-order valence-electron chi connectivity index (χ1n) is 5.89. The number of aliphatic hydroxyl groups is 1. The van der Waals surface area contributed by atoms with Gasteiger partial charge in [0, 0.05) is 5.56 Å². The molecule has 0 bridgehead atoms. The molecule has 1 N–H and O–H groups in total. The van der Waals surface area contributed by atoms with E-state index in [0.717, 1.165) is 24.5 Å². The summed E-state index contributed by atoms with van der Waals surface area (Å²) < 4.78 is 24.8. The fraction of sp³-hybridized carbons (Fsp3) is 0.0625. The third-order valence-corrected chi connectivity index (χ3v) is 2.88. The fourth-order valence-corrected chi connectivity index (χ4v) is 1.60. The van der Waals surface area contributed by atoms with Crippen LogP contribution in [0.15, 0.2) is 24.5 Å². The minimum absolute atomic E-state index is 0. The van der Waals surface area contributed by atoms with Gasteiger partial charge in [-0.25, -0.2) is 18.7 Å². The van der Waals surface area contributed by atoms with Crippen LogP contribution >= 0.6 is 23.2 Å². The van der Waals surface area contributed by atoms with Gasteiger partial charge in [0.1, 0.15) is 28.0 Å². The zero-order chi connectivity index (χ0) is 18.7. The Morgan fingerprint density at radius 3 is 2.04 bits per heavy atom. The van der Waals surface area contributed by atoms with E-state index in [1.807, 2.05) is 5.92 Å². The van der Waals surface area contributed by atoms with Gasteiger partial charge in [-0.1, -0.05) is 29.1 Å². The maximum Gasteiger partial charge on any atom is 2.00 e. The molecule has 132 valence electrons. The molecule has 2 aromatic rings. The molecular weight excluding hydrogens is 465 g/mol. The van der Waals surface area contributed by atoms with Crippen molar-refractivity contribution in [1.82, 2.24) is 9.97 Å². The minimum atomic E-state index is -1.21. The van der Waals surface area contributed by atoms with E-state index in [4.69, 9.17) is 41.2 Å². The number of aldehydes is 1. The van der Waals surface area contributed by atoms with Crippen LogP contribution in [0.25, 0.3) is 0 Å². The van der Waals surface area contributed by atoms with Gasteiger partial charge in [-0.3, -0.25) is 4.79 Å². The quantitative estimate of drug-likeness (QED) is 0.220. The summed E-state index contributed by atoms with van der Waals surface area (Å²) in [5.41, 5.74) is 0.181. The molecule has 0 aliphatic rings. The van der Waals surface area contributed by atoms with E-state index in [2.05, 4.69) is 16.4 Å². The zero-order valence-electron chi connectivity index (χ0n) is 13.0. The molecule has 0 fully saturated rings. The molecule has 2 rings (SSSR count). The number of nitrogens with zero attached hydrogens (tertiary/aromatic N) is 2. The van der Waals surface area contributed by atoms with Crippen molar-refractivity contribution in [3.8, 4) is 18.8 Å². The number of pyridine rings is 2. The molecule has 4 nitrogen and oxygen atoms in total. The Kier molecular flexibility index (Phi) is 18.1. The largest absolute Gasteiger partial charge is 2.00 e. The predicted molar refractivity (Wildman–Crippen MR) is 91.5 cm³/mol. The molecule has 0 amide bonds. The van der Waals surface area contributed by atoms with Crippen molar-refractivity contribution < 1.29 is 35.7 Å². The summed E-state index contributed by atoms with van der Waals surface area (Å²) in [6.07, 6.45) is 15.1. The van der Waals surface area contributed by atoms with Crippen LogP contribution in [0.4, 0.5) is 8.78 Å². The molecule has 0 aliphatic heterocycles. The number of aliphatic hydroxyl groups excluding tert-OH is 1. The Morgan fingerprint density at radius 1 is 1.15 bits per heavy atom. The number of carbonyl (C=O) groups is 1. The number of halogens is 5. The van der Waals surface area contributed by atoms with E-state index in [1.165, 1.54) is 0 Å². The number of hydrogen-bond donors (Lipinski definition) is 1. The van der Waals surface area contributed by atoms with Crippen molar-refractivity contribution in [2.45, 2.75) is 6.10 Å². The summed E-state index contributed by atoms with van der Waals surface area (Å²) >= 11 is 10.9. The molecule has 2 heterocycles. The van der Waals surface area contributed by atoms with Crippen molar-refractivity contribution in [2.75, 3.05) is 0 Å². The van der Waals surface area contributed by atoms with E-state index in [9.17, 15) is 13.6 Å². The summed E-state index contributed by atoms with van der Waals surface area (Å²) in [7, 11) is 0. The van der Waals surface area contributed by atoms with Crippen LogP contribution < -0.4 is 17.0 Å². The summed E-state index contributed by atoms with van der Waals surface area (Å²) in [6.45, 7) is 0. The Balaban J connectivity index is -0.000000350. The molecular formula is C16H9BrCl2F2MgN2O2. The molecule has 10 heteroatoms. The van der Waals surface area contributed by atoms with Crippen LogP contribution in [-0.2, 0) is 0 Å². The smallest absolute Gasteiger partial charge is 1.00 e. The summed E-state index contributed by atoms with van der Waals surface area (Å²) in [5.74, 6) is 0.870. The first-order chi connectivity index (χ1) is 11.4. The van der Waals surface area contributed by atoms with Gasteiger partial charge in [-0.2, -0.15) is 0 Å². The molecule has 1 unspecified atom stereocenters. The molecule has 2 aromatic heterocycles. The van der Waals surface area contributed by atoms with Crippen LogP contribution in [0.1, 0.15) is 22.0 Å². The topological polar surface area (TPSA) is 63.1 Å². The maximum absolute atomic E-state index is 12.5. The molecule has 0 saturated carbocycles. The zero-order valence-corrected chi connectivity index (χ0v) is 17.5. The number of aromatic nitrogens is 2. The van der Waals surface area contributed by atoms with Crippen LogP contribution in [0, 0.1) is 36.8 Å². The third-order valence-electron chi connectivity index (χ3n) is 2.25. The third kappa shape index (κ3) is 10.0. The van der Waals surface area contributed by atoms with Crippen molar-refractivity contribution in [2.24, 2.45) is 0 Å². The van der Waals surface area contributed by atoms with Gasteiger partial charge >= 0.3 is 23.1 Å². The van der Waals surface area contributed by atoms with Crippen molar-refractivity contribution >= 4 is 52.5 Å². The normalized spacial score (nSPS) is 9.31. The number of carbonyl (C=O) groups excluding carboxylic acids is 1. The molecule has 0 aliphatic carbocycles. The summed E-state index contributed by atoms with van der Waals surface area (Å²) in [4.78, 5) is 17.0. The SMILES string of the molecule is C#CC(O)c1cc(F)cnc1Cl.O=Cc1cc(F)cnc1Cl.[Br-].[C-]#C.[Mg+2]. The minimum Gasteiger partial charge on any atom is -1.00 e. The summed E-state index contributed by atoms with van der Waals surface area (Å²) in [6, 6.07) is 2.09. The second-order valence-corrected chi connectivity index (χ2v) is 4.47. The Labute approximate surface area is 186 Å². The van der Waals surface area contributed by atoms with Crippen LogP contribution in [0.5, 0.6) is 0 Å². The second kappa shape index (κ2) is 15.9. The second-order valence-electron chi connectivity index (χ2n) is 3.75. The molecule has 0 aromatic carbocycles. The average Bonchev–Trinajstić information content (AvgIpc) is 2.60. The molecule has 26 heavy (non-hydrogen) atoms. The first kappa shape index (κ1) is 29.5. The van der Waals surface area contributed by atoms with Crippen LogP contribution in [0.2, 0.25) is 10.3 Å². The monoisotopic (exact) mass is 472 g/mol. The number of terminal acetylenes is 2. The Bertz CT molecular complexity index is 774. The van der Waals surface area contributed by atoms with E-state index in [1.54, 1.807) is 0 Å². The summed E-state index contributed by atoms with van der Waals surface area (Å²) in [5, 5.41) is 9.15. The molecule has 0 saturated heterocycles. The Morgan fingerprint density at radius 2 is 1.62 bits per heavy atom. The van der Waals surface area contributed by atoms with Gasteiger partial charge in [0.15, 0.2) is 6.29 Å². The molecule has 0 spiro atoms. The van der Waals surface area contributed by atoms with Gasteiger partial charge in [-0.15, -0.1) is 6.42 Å². The predicted octanol–water partition coefficient (Wildman–Crippen LogP) is 0.0565. The standard InChI is InChI=1S/C8H5ClFNO.C6H3ClFNO.C2H.BrH.Mg/c1-2-7(12)6-3-5(10)4-11-8(6)9;7-6-4(3-10)1-5(8)2-9-6;1-2;;/h1,3-4,7,12H;1-3H;1H;1H;/q;;-1;;+2/p-1. The molecule has 0 radical (unpaired) electrons. The van der Waals surface area contributed by atoms with Gasteiger partial charge in [0.2, 0.25) is 0 Å². The Hall–Kier alpha value is -1.26. The van der Waals surface area contributed by atoms with Crippen molar-refractivity contribution in [3.63, 3.8) is 0 Å². The maximum atomic E-state index is 12.5. The van der Waals surface area contributed by atoms with E-state index in [-0.39, 0.29) is 61.5 Å². The van der Waals surface area contributed by atoms with Gasteiger partial charge < -0.3 is 34.9 Å². The van der Waals surface area contributed by atoms with Gasteiger partial charge in [0.25, 0.3) is 0 Å². The fourth-order valence-electron chi connectivity index (χ4n) is 1.24. The van der Waals surface area contributed by atoms with Crippen molar-refractivity contribution in [3.05, 3.63) is 64.0 Å². The van der Waals surface area contributed by atoms with E-state index in [0.29, 0.717) is 6.29 Å². The van der Waals surface area contributed by atoms with Crippen LogP contribution in [0.3, 0.4) is 0 Å². The van der Waals surface area contributed by atoms with E-state index >= 15 is 0 Å². The number of hydrogen-bond acceptors (Lipinski definition) is 4. The van der Waals surface area contributed by atoms with Gasteiger partial charge in [0.05, 0.1) is 18.0 Å². The first-order valence-corrected chi connectivity index (χ1v) is 6.64. The van der Waals surface area contributed by atoms with Crippen LogP contribution in [-0.4, -0.2) is 44.4 Å². The van der Waals surface area contributed by atoms with Gasteiger partial charge in [-0.05, 0) is 12.1 Å². The molecule has 1 atom stereocenters. The number of rotatable bonds is 2. The van der Waals surface area contributed by atoms with E-state index < -0.39 is 17.7 Å². The van der Waals surface area contributed by atoms with Crippen molar-refractivity contribution in [1.29, 1.82) is 0 Å².